The van der Waals surface area contributed by atoms with Crippen molar-refractivity contribution in [3.05, 3.63) is 18.2 Å². The molecule has 5 heteroatoms. The molecule has 88 valence electrons. The topological polar surface area (TPSA) is 59.4 Å². The van der Waals surface area contributed by atoms with E-state index in [1.165, 1.54) is 5.69 Å². The fourth-order valence-electron chi connectivity index (χ4n) is 2.17. The molecular formula is C11H19N5. The quantitative estimate of drug-likeness (QED) is 0.833. The molecule has 0 saturated carbocycles. The monoisotopic (exact) mass is 221 g/mol. The second-order valence-electron chi connectivity index (χ2n) is 4.32. The standard InChI is InChI=1S/C11H19N5/c1-4-15-10(6-14-11(15)12)9-5-13-7-16(9)8(2)3/h5,7-8,10H,4,6H2,1-3H3,(H2,12,14). The second-order valence-corrected chi connectivity index (χ2v) is 4.32. The summed E-state index contributed by atoms with van der Waals surface area (Å²) in [7, 11) is 0. The molecule has 1 aromatic heterocycles. The summed E-state index contributed by atoms with van der Waals surface area (Å²) in [5.74, 6) is 0.643. The molecule has 1 aromatic rings. The second kappa shape index (κ2) is 4.15. The molecule has 0 spiro atoms. The van der Waals surface area contributed by atoms with E-state index in [1.54, 1.807) is 0 Å². The van der Waals surface area contributed by atoms with Crippen molar-refractivity contribution in [3.8, 4) is 0 Å². The van der Waals surface area contributed by atoms with Crippen LogP contribution in [0.1, 0.15) is 38.5 Å². The van der Waals surface area contributed by atoms with Crippen LogP contribution in [0.15, 0.2) is 17.5 Å². The van der Waals surface area contributed by atoms with Gasteiger partial charge in [-0.3, -0.25) is 4.99 Å². The van der Waals surface area contributed by atoms with Crippen LogP contribution in [0.3, 0.4) is 0 Å². The summed E-state index contributed by atoms with van der Waals surface area (Å²) in [6.07, 6.45) is 3.80. The maximum atomic E-state index is 5.86. The van der Waals surface area contributed by atoms with Gasteiger partial charge in [0.05, 0.1) is 30.8 Å². The predicted octanol–water partition coefficient (Wildman–Crippen LogP) is 1.16. The van der Waals surface area contributed by atoms with Crippen molar-refractivity contribution in [2.24, 2.45) is 10.7 Å². The molecule has 1 unspecified atom stereocenters. The van der Waals surface area contributed by atoms with E-state index in [1.807, 2.05) is 12.5 Å². The maximum absolute atomic E-state index is 5.86. The number of nitrogens with two attached hydrogens (primary N) is 1. The molecule has 5 nitrogen and oxygen atoms in total. The molecule has 0 fully saturated rings. The van der Waals surface area contributed by atoms with Crippen LogP contribution in [0.5, 0.6) is 0 Å². The predicted molar refractivity (Wildman–Crippen MR) is 64.2 cm³/mol. The smallest absolute Gasteiger partial charge is 0.191 e. The van der Waals surface area contributed by atoms with Crippen LogP contribution in [0, 0.1) is 0 Å². The summed E-state index contributed by atoms with van der Waals surface area (Å²) >= 11 is 0. The third-order valence-corrected chi connectivity index (χ3v) is 3.03. The fourth-order valence-corrected chi connectivity index (χ4v) is 2.17. The summed E-state index contributed by atoms with van der Waals surface area (Å²) < 4.78 is 2.18. The van der Waals surface area contributed by atoms with E-state index in [-0.39, 0.29) is 6.04 Å². The third-order valence-electron chi connectivity index (χ3n) is 3.03. The molecular weight excluding hydrogens is 202 g/mol. The molecule has 1 atom stereocenters. The first-order valence-electron chi connectivity index (χ1n) is 5.73. The van der Waals surface area contributed by atoms with Gasteiger partial charge < -0.3 is 15.2 Å². The number of aromatic nitrogens is 2. The van der Waals surface area contributed by atoms with Crippen LogP contribution in [0.2, 0.25) is 0 Å². The number of guanidine groups is 1. The minimum absolute atomic E-state index is 0.245. The van der Waals surface area contributed by atoms with Gasteiger partial charge in [0.25, 0.3) is 0 Å². The Balaban J connectivity index is 2.28. The van der Waals surface area contributed by atoms with Crippen LogP contribution in [-0.2, 0) is 0 Å². The van der Waals surface area contributed by atoms with Gasteiger partial charge >= 0.3 is 0 Å². The molecule has 0 aromatic carbocycles. The molecule has 0 amide bonds. The molecule has 2 N–H and O–H groups in total. The number of nitrogens with zero attached hydrogens (tertiary/aromatic N) is 4. The Labute approximate surface area is 96.0 Å². The SMILES string of the molecule is CCN1C(N)=NCC1c1cncn1C(C)C. The lowest BCUT2D eigenvalue weighted by atomic mass is 10.2. The Hall–Kier alpha value is -1.52. The summed E-state index contributed by atoms with van der Waals surface area (Å²) in [6, 6.07) is 0.660. The Morgan fingerprint density at radius 3 is 2.94 bits per heavy atom. The van der Waals surface area contributed by atoms with Crippen molar-refractivity contribution in [1.82, 2.24) is 14.5 Å². The first-order valence-corrected chi connectivity index (χ1v) is 5.73. The highest BCUT2D eigenvalue weighted by Gasteiger charge is 2.28. The highest BCUT2D eigenvalue weighted by Crippen LogP contribution is 2.26. The summed E-state index contributed by atoms with van der Waals surface area (Å²) in [5, 5.41) is 0. The average molecular weight is 221 g/mol. The molecule has 2 rings (SSSR count). The zero-order valence-electron chi connectivity index (χ0n) is 10.1. The van der Waals surface area contributed by atoms with Crippen molar-refractivity contribution >= 4 is 5.96 Å². The lowest BCUT2D eigenvalue weighted by molar-refractivity contribution is 0.343. The molecule has 0 bridgehead atoms. The van der Waals surface area contributed by atoms with E-state index in [9.17, 15) is 0 Å². The summed E-state index contributed by atoms with van der Waals surface area (Å²) in [5.41, 5.74) is 7.05. The number of aliphatic imine (C=N–C) groups is 1. The minimum atomic E-state index is 0.245. The van der Waals surface area contributed by atoms with Gasteiger partial charge in [0.2, 0.25) is 0 Å². The summed E-state index contributed by atoms with van der Waals surface area (Å²) in [4.78, 5) is 10.7. The van der Waals surface area contributed by atoms with Gasteiger partial charge in [0.1, 0.15) is 0 Å². The number of hydrogen-bond acceptors (Lipinski definition) is 4. The van der Waals surface area contributed by atoms with Gasteiger partial charge in [-0.15, -0.1) is 0 Å². The zero-order valence-corrected chi connectivity index (χ0v) is 10.1. The first-order chi connectivity index (χ1) is 7.65. The molecule has 0 saturated heterocycles. The molecule has 0 radical (unpaired) electrons. The lowest BCUT2D eigenvalue weighted by Crippen LogP contribution is -2.36. The van der Waals surface area contributed by atoms with Crippen molar-refractivity contribution in [2.45, 2.75) is 32.9 Å². The van der Waals surface area contributed by atoms with Crippen LogP contribution >= 0.6 is 0 Å². The van der Waals surface area contributed by atoms with Crippen LogP contribution in [-0.4, -0.2) is 33.5 Å². The van der Waals surface area contributed by atoms with E-state index in [0.29, 0.717) is 12.0 Å². The largest absolute Gasteiger partial charge is 0.370 e. The highest BCUT2D eigenvalue weighted by molar-refractivity contribution is 5.80. The molecule has 16 heavy (non-hydrogen) atoms. The zero-order chi connectivity index (χ0) is 11.7. The molecule has 1 aliphatic heterocycles. The Kier molecular flexibility index (Phi) is 2.85. The number of likely N-dealkylation sites (N-methyl/N-ethyl adjacent to an activating group) is 1. The van der Waals surface area contributed by atoms with E-state index in [2.05, 4.69) is 40.2 Å². The summed E-state index contributed by atoms with van der Waals surface area (Å²) in [6.45, 7) is 8.01. The Morgan fingerprint density at radius 2 is 2.31 bits per heavy atom. The number of rotatable bonds is 3. The maximum Gasteiger partial charge on any atom is 0.191 e. The molecule has 1 aliphatic rings. The third kappa shape index (κ3) is 1.66. The highest BCUT2D eigenvalue weighted by atomic mass is 15.3. The normalized spacial score (nSPS) is 20.6. The van der Waals surface area contributed by atoms with E-state index in [4.69, 9.17) is 5.73 Å². The Morgan fingerprint density at radius 1 is 1.56 bits per heavy atom. The molecule has 0 aliphatic carbocycles. The molecule has 2 heterocycles. The van der Waals surface area contributed by atoms with E-state index in [0.717, 1.165) is 13.1 Å². The van der Waals surface area contributed by atoms with Crippen LogP contribution in [0.25, 0.3) is 0 Å². The van der Waals surface area contributed by atoms with E-state index < -0.39 is 0 Å². The fraction of sp³-hybridized carbons (Fsp3) is 0.636. The van der Waals surface area contributed by atoms with Crippen molar-refractivity contribution in [1.29, 1.82) is 0 Å². The van der Waals surface area contributed by atoms with Gasteiger partial charge in [0.15, 0.2) is 5.96 Å². The van der Waals surface area contributed by atoms with Crippen molar-refractivity contribution in [3.63, 3.8) is 0 Å². The minimum Gasteiger partial charge on any atom is -0.370 e. The van der Waals surface area contributed by atoms with Crippen molar-refractivity contribution < 1.29 is 0 Å². The van der Waals surface area contributed by atoms with Gasteiger partial charge in [-0.25, -0.2) is 4.98 Å². The van der Waals surface area contributed by atoms with Gasteiger partial charge in [-0.2, -0.15) is 0 Å². The average Bonchev–Trinajstić information content (AvgIpc) is 2.82. The Bertz CT molecular complexity index is 393. The van der Waals surface area contributed by atoms with Crippen LogP contribution in [0.4, 0.5) is 0 Å². The lowest BCUT2D eigenvalue weighted by Gasteiger charge is -2.26. The number of hydrogen-bond donors (Lipinski definition) is 1. The van der Waals surface area contributed by atoms with Crippen molar-refractivity contribution in [2.75, 3.05) is 13.1 Å². The van der Waals surface area contributed by atoms with Gasteiger partial charge in [0, 0.05) is 12.6 Å². The first kappa shape index (κ1) is 11.0. The van der Waals surface area contributed by atoms with Gasteiger partial charge in [-0.1, -0.05) is 0 Å². The van der Waals surface area contributed by atoms with Crippen LogP contribution < -0.4 is 5.73 Å². The number of imidazole rings is 1. The van der Waals surface area contributed by atoms with E-state index >= 15 is 0 Å². The van der Waals surface area contributed by atoms with Gasteiger partial charge in [-0.05, 0) is 20.8 Å².